The highest BCUT2D eigenvalue weighted by atomic mass is 16.6. The Labute approximate surface area is 198 Å². The van der Waals surface area contributed by atoms with Gasteiger partial charge in [-0.1, -0.05) is 44.9 Å². The second-order valence-corrected chi connectivity index (χ2v) is 9.39. The number of carbonyl (C=O) groups excluding carboxylic acids is 4. The van der Waals surface area contributed by atoms with Crippen LogP contribution in [0.25, 0.3) is 0 Å². The van der Waals surface area contributed by atoms with Gasteiger partial charge in [0, 0.05) is 31.7 Å². The number of ether oxygens (including phenoxy) is 2. The van der Waals surface area contributed by atoms with Crippen LogP contribution >= 0.6 is 0 Å². The maximum Gasteiger partial charge on any atom is 0.308 e. The first kappa shape index (κ1) is 28.8. The molecule has 0 bridgehead atoms. The topological polar surface area (TPSA) is 102 Å². The van der Waals surface area contributed by atoms with E-state index in [0.29, 0.717) is 32.7 Å². The number of rotatable bonds is 18. The van der Waals surface area contributed by atoms with Crippen LogP contribution in [0.15, 0.2) is 12.2 Å². The third-order valence-electron chi connectivity index (χ3n) is 5.13. The molecule has 1 rings (SSSR count). The monoisotopic (exact) mass is 466 g/mol. The molecule has 188 valence electrons. The second-order valence-electron chi connectivity index (χ2n) is 9.39. The van der Waals surface area contributed by atoms with E-state index in [9.17, 15) is 19.2 Å². The zero-order valence-corrected chi connectivity index (χ0v) is 20.7. The van der Waals surface area contributed by atoms with Crippen molar-refractivity contribution in [2.24, 2.45) is 0 Å². The van der Waals surface area contributed by atoms with Crippen molar-refractivity contribution in [1.82, 2.24) is 10.2 Å². The van der Waals surface area contributed by atoms with Gasteiger partial charge in [-0.05, 0) is 33.6 Å². The number of esters is 1. The molecular weight excluding hydrogens is 424 g/mol. The van der Waals surface area contributed by atoms with Gasteiger partial charge in [-0.3, -0.25) is 24.1 Å². The summed E-state index contributed by atoms with van der Waals surface area (Å²) in [7, 11) is 0. The van der Waals surface area contributed by atoms with Crippen molar-refractivity contribution in [3.63, 3.8) is 0 Å². The molecule has 0 saturated carbocycles. The minimum atomic E-state index is -0.483. The van der Waals surface area contributed by atoms with Crippen LogP contribution in [0, 0.1) is 0 Å². The Balaban J connectivity index is 1.81. The Bertz CT molecular complexity index is 636. The van der Waals surface area contributed by atoms with Crippen LogP contribution in [0.5, 0.6) is 0 Å². The standard InChI is InChI=1S/C25H42N2O6/c1-25(2,3)33-24(31)16-19-32-20-17-26-21(28)13-11-9-7-5-4-6-8-10-12-18-27-22(29)14-15-23(27)30/h14-15H,4-13,16-20H2,1-3H3,(H,26,28). The summed E-state index contributed by atoms with van der Waals surface area (Å²) in [6.45, 7) is 7.13. The number of nitrogens with zero attached hydrogens (tertiary/aromatic N) is 1. The van der Waals surface area contributed by atoms with Crippen molar-refractivity contribution in [2.45, 2.75) is 97.0 Å². The van der Waals surface area contributed by atoms with Gasteiger partial charge in [-0.2, -0.15) is 0 Å². The molecule has 1 heterocycles. The third kappa shape index (κ3) is 15.3. The van der Waals surface area contributed by atoms with Crippen molar-refractivity contribution < 1.29 is 28.7 Å². The molecule has 0 aromatic carbocycles. The van der Waals surface area contributed by atoms with Gasteiger partial charge in [0.05, 0.1) is 19.6 Å². The molecule has 0 saturated heterocycles. The van der Waals surface area contributed by atoms with Crippen molar-refractivity contribution in [2.75, 3.05) is 26.3 Å². The van der Waals surface area contributed by atoms with E-state index in [-0.39, 0.29) is 30.1 Å². The number of nitrogens with one attached hydrogen (secondary N) is 1. The minimum absolute atomic E-state index is 0.0379. The fourth-order valence-electron chi connectivity index (χ4n) is 3.45. The number of hydrogen-bond donors (Lipinski definition) is 1. The first-order chi connectivity index (χ1) is 15.7. The molecule has 0 aliphatic carbocycles. The highest BCUT2D eigenvalue weighted by molar-refractivity contribution is 6.12. The Morgan fingerprint density at radius 3 is 1.94 bits per heavy atom. The zero-order chi connectivity index (χ0) is 24.5. The predicted octanol–water partition coefficient (Wildman–Crippen LogP) is 3.68. The molecule has 0 aromatic heterocycles. The number of imide groups is 1. The molecule has 0 fully saturated rings. The maximum atomic E-state index is 11.8. The number of hydrogen-bond acceptors (Lipinski definition) is 6. The van der Waals surface area contributed by atoms with E-state index >= 15 is 0 Å². The molecule has 0 radical (unpaired) electrons. The second kappa shape index (κ2) is 16.4. The Morgan fingerprint density at radius 2 is 1.36 bits per heavy atom. The first-order valence-electron chi connectivity index (χ1n) is 12.3. The highest BCUT2D eigenvalue weighted by Gasteiger charge is 2.22. The van der Waals surface area contributed by atoms with Gasteiger partial charge in [-0.25, -0.2) is 0 Å². The molecule has 1 N–H and O–H groups in total. The molecule has 8 nitrogen and oxygen atoms in total. The molecule has 3 amide bonds. The fourth-order valence-corrected chi connectivity index (χ4v) is 3.45. The van der Waals surface area contributed by atoms with Gasteiger partial charge in [0.1, 0.15) is 5.60 Å². The van der Waals surface area contributed by atoms with E-state index in [2.05, 4.69) is 5.32 Å². The first-order valence-corrected chi connectivity index (χ1v) is 12.3. The summed E-state index contributed by atoms with van der Waals surface area (Å²) in [5.74, 6) is -0.636. The summed E-state index contributed by atoms with van der Waals surface area (Å²) in [6.07, 6.45) is 13.0. The SMILES string of the molecule is CC(C)(C)OC(=O)CCOCCNC(=O)CCCCCCCCCCCN1C(=O)C=CC1=O. The van der Waals surface area contributed by atoms with Crippen LogP contribution in [0.3, 0.4) is 0 Å². The zero-order valence-electron chi connectivity index (χ0n) is 20.7. The highest BCUT2D eigenvalue weighted by Crippen LogP contribution is 2.12. The largest absolute Gasteiger partial charge is 0.460 e. The Kier molecular flexibility index (Phi) is 14.3. The smallest absolute Gasteiger partial charge is 0.308 e. The van der Waals surface area contributed by atoms with Crippen LogP contribution in [0.2, 0.25) is 0 Å². The van der Waals surface area contributed by atoms with E-state index in [1.165, 1.54) is 29.9 Å². The lowest BCUT2D eigenvalue weighted by atomic mass is 10.1. The van der Waals surface area contributed by atoms with Gasteiger partial charge in [-0.15, -0.1) is 0 Å². The van der Waals surface area contributed by atoms with Gasteiger partial charge < -0.3 is 14.8 Å². The van der Waals surface area contributed by atoms with Crippen LogP contribution in [-0.4, -0.2) is 60.5 Å². The summed E-state index contributed by atoms with van der Waals surface area (Å²) >= 11 is 0. The third-order valence-corrected chi connectivity index (χ3v) is 5.13. The average molecular weight is 467 g/mol. The quantitative estimate of drug-likeness (QED) is 0.188. The summed E-state index contributed by atoms with van der Waals surface area (Å²) < 4.78 is 10.6. The van der Waals surface area contributed by atoms with Crippen molar-refractivity contribution in [3.05, 3.63) is 12.2 Å². The van der Waals surface area contributed by atoms with E-state index < -0.39 is 5.60 Å². The maximum absolute atomic E-state index is 11.8. The van der Waals surface area contributed by atoms with E-state index in [1.54, 1.807) is 0 Å². The minimum Gasteiger partial charge on any atom is -0.460 e. The van der Waals surface area contributed by atoms with Gasteiger partial charge in [0.25, 0.3) is 11.8 Å². The average Bonchev–Trinajstić information content (AvgIpc) is 3.05. The van der Waals surface area contributed by atoms with Crippen LogP contribution < -0.4 is 5.32 Å². The summed E-state index contributed by atoms with van der Waals surface area (Å²) in [6, 6.07) is 0. The van der Waals surface area contributed by atoms with Crippen LogP contribution in [-0.2, 0) is 28.7 Å². The van der Waals surface area contributed by atoms with E-state index in [4.69, 9.17) is 9.47 Å². The number of amides is 3. The lowest BCUT2D eigenvalue weighted by molar-refractivity contribution is -0.156. The number of unbranched alkanes of at least 4 members (excludes halogenated alkanes) is 8. The van der Waals surface area contributed by atoms with Crippen molar-refractivity contribution in [1.29, 1.82) is 0 Å². The van der Waals surface area contributed by atoms with Crippen LogP contribution in [0.1, 0.15) is 91.4 Å². The molecule has 0 unspecified atom stereocenters. The number of carbonyl (C=O) groups is 4. The van der Waals surface area contributed by atoms with Gasteiger partial charge in [0.2, 0.25) is 5.91 Å². The molecule has 0 atom stereocenters. The lowest BCUT2D eigenvalue weighted by Gasteiger charge is -2.19. The lowest BCUT2D eigenvalue weighted by Crippen LogP contribution is -2.30. The van der Waals surface area contributed by atoms with E-state index in [0.717, 1.165) is 44.9 Å². The van der Waals surface area contributed by atoms with Crippen molar-refractivity contribution >= 4 is 23.7 Å². The molecule has 1 aliphatic rings. The Hall–Kier alpha value is -2.22. The normalized spacial score (nSPS) is 13.6. The predicted molar refractivity (Wildman–Crippen MR) is 126 cm³/mol. The molecular formula is C25H42N2O6. The summed E-state index contributed by atoms with van der Waals surface area (Å²) in [5.41, 5.74) is -0.483. The molecule has 1 aliphatic heterocycles. The molecule has 33 heavy (non-hydrogen) atoms. The molecule has 8 heteroatoms. The van der Waals surface area contributed by atoms with Crippen LogP contribution in [0.4, 0.5) is 0 Å². The Morgan fingerprint density at radius 1 is 0.818 bits per heavy atom. The van der Waals surface area contributed by atoms with E-state index in [1.807, 2.05) is 20.8 Å². The van der Waals surface area contributed by atoms with Crippen molar-refractivity contribution in [3.8, 4) is 0 Å². The van der Waals surface area contributed by atoms with Gasteiger partial charge in [0.15, 0.2) is 0 Å². The van der Waals surface area contributed by atoms with Gasteiger partial charge >= 0.3 is 5.97 Å². The molecule has 0 aromatic rings. The fraction of sp³-hybridized carbons (Fsp3) is 0.760. The summed E-state index contributed by atoms with van der Waals surface area (Å²) in [4.78, 5) is 47.5. The molecule has 0 spiro atoms. The summed E-state index contributed by atoms with van der Waals surface area (Å²) in [5, 5.41) is 2.84.